The average molecular weight is 451 g/mol. The van der Waals surface area contributed by atoms with Crippen molar-refractivity contribution in [2.45, 2.75) is 56.5 Å². The molecule has 5 nitrogen and oxygen atoms in total. The number of nitrogens with one attached hydrogen (secondary N) is 1. The normalized spacial score (nSPS) is 23.8. The Balaban J connectivity index is 0.00000182. The molecule has 0 aliphatic heterocycles. The summed E-state index contributed by atoms with van der Waals surface area (Å²) in [7, 11) is 0. The molecule has 0 bridgehead atoms. The fourth-order valence-corrected chi connectivity index (χ4v) is 3.60. The Hall–Kier alpha value is -1.57. The van der Waals surface area contributed by atoms with Gasteiger partial charge in [0.1, 0.15) is 0 Å². The van der Waals surface area contributed by atoms with Gasteiger partial charge in [0.15, 0.2) is 5.96 Å². The third-order valence-corrected chi connectivity index (χ3v) is 5.07. The van der Waals surface area contributed by atoms with E-state index in [1.807, 2.05) is 29.1 Å². The number of halogens is 1. The van der Waals surface area contributed by atoms with Crippen molar-refractivity contribution in [1.82, 2.24) is 15.1 Å². The number of nitrogens with zero attached hydrogens (tertiary/aromatic N) is 3. The summed E-state index contributed by atoms with van der Waals surface area (Å²) in [6.07, 6.45) is 11.5. The minimum atomic E-state index is 0. The van der Waals surface area contributed by atoms with Crippen molar-refractivity contribution in [2.24, 2.45) is 10.7 Å². The highest BCUT2D eigenvalue weighted by molar-refractivity contribution is 14.0. The smallest absolute Gasteiger partial charge is 0.189 e. The van der Waals surface area contributed by atoms with E-state index in [1.54, 1.807) is 0 Å². The van der Waals surface area contributed by atoms with Gasteiger partial charge >= 0.3 is 0 Å². The maximum absolute atomic E-state index is 6.10. The Kier molecular flexibility index (Phi) is 5.98. The summed E-state index contributed by atoms with van der Waals surface area (Å²) in [6, 6.07) is 11.0. The molecule has 134 valence electrons. The minimum absolute atomic E-state index is 0. The average Bonchev–Trinajstić information content (AvgIpc) is 3.19. The first-order chi connectivity index (χ1) is 11.8. The monoisotopic (exact) mass is 451 g/mol. The lowest BCUT2D eigenvalue weighted by molar-refractivity contribution is 0.412. The standard InChI is InChI=1S/C19H25N5.HI/c20-19(22-15-7-3-1-4-8-15)23-18-11-17(18)14-12-21-24(13-14)16-9-5-2-6-10-16;/h2,5-6,9-10,12-13,15,17-18H,1,3-4,7-8,11H2,(H3,20,22,23);1H/t17-,18+;/m0./s1. The van der Waals surface area contributed by atoms with Crippen LogP contribution in [0.5, 0.6) is 0 Å². The fourth-order valence-electron chi connectivity index (χ4n) is 3.60. The van der Waals surface area contributed by atoms with Crippen molar-refractivity contribution in [3.63, 3.8) is 0 Å². The quantitative estimate of drug-likeness (QED) is 0.424. The van der Waals surface area contributed by atoms with Gasteiger partial charge in [0.2, 0.25) is 0 Å². The molecule has 2 atom stereocenters. The van der Waals surface area contributed by atoms with Crippen molar-refractivity contribution in [2.75, 3.05) is 0 Å². The third kappa shape index (κ3) is 4.54. The Labute approximate surface area is 166 Å². The Morgan fingerprint density at radius 3 is 2.68 bits per heavy atom. The molecule has 1 aromatic carbocycles. The highest BCUT2D eigenvalue weighted by Gasteiger charge is 2.39. The van der Waals surface area contributed by atoms with Gasteiger partial charge in [0.25, 0.3) is 0 Å². The van der Waals surface area contributed by atoms with Crippen molar-refractivity contribution in [3.05, 3.63) is 48.3 Å². The highest BCUT2D eigenvalue weighted by atomic mass is 127. The lowest BCUT2D eigenvalue weighted by atomic mass is 9.96. The molecule has 0 saturated heterocycles. The van der Waals surface area contributed by atoms with E-state index < -0.39 is 0 Å². The number of nitrogens with two attached hydrogens (primary N) is 1. The summed E-state index contributed by atoms with van der Waals surface area (Å²) in [4.78, 5) is 4.67. The van der Waals surface area contributed by atoms with E-state index in [0.29, 0.717) is 24.0 Å². The molecule has 1 heterocycles. The summed E-state index contributed by atoms with van der Waals surface area (Å²) in [6.45, 7) is 0. The molecule has 0 spiro atoms. The number of aromatic nitrogens is 2. The molecule has 2 fully saturated rings. The topological polar surface area (TPSA) is 68.2 Å². The molecule has 3 N–H and O–H groups in total. The first-order valence-electron chi connectivity index (χ1n) is 8.99. The SMILES string of the molecule is I.NC(=N[C@@H]1C[C@H]1c1cnn(-c2ccccc2)c1)NC1CCCCC1. The van der Waals surface area contributed by atoms with Crippen LogP contribution in [0.1, 0.15) is 50.0 Å². The van der Waals surface area contributed by atoms with Crippen molar-refractivity contribution >= 4 is 29.9 Å². The van der Waals surface area contributed by atoms with Gasteiger partial charge in [-0.05, 0) is 37.0 Å². The molecular formula is C19H26IN5. The van der Waals surface area contributed by atoms with Gasteiger partial charge in [-0.25, -0.2) is 9.67 Å². The first kappa shape index (κ1) is 18.2. The van der Waals surface area contributed by atoms with E-state index in [4.69, 9.17) is 5.73 Å². The van der Waals surface area contributed by atoms with Gasteiger partial charge < -0.3 is 11.1 Å². The lowest BCUT2D eigenvalue weighted by Crippen LogP contribution is -2.41. The summed E-state index contributed by atoms with van der Waals surface area (Å²) < 4.78 is 1.93. The van der Waals surface area contributed by atoms with E-state index in [-0.39, 0.29) is 24.0 Å². The van der Waals surface area contributed by atoms with Crippen LogP contribution < -0.4 is 11.1 Å². The van der Waals surface area contributed by atoms with Gasteiger partial charge in [-0.2, -0.15) is 5.10 Å². The molecule has 1 aromatic heterocycles. The van der Waals surface area contributed by atoms with Crippen LogP contribution >= 0.6 is 24.0 Å². The predicted octanol–water partition coefficient (Wildman–Crippen LogP) is 3.58. The van der Waals surface area contributed by atoms with Gasteiger partial charge in [0, 0.05) is 18.2 Å². The number of hydrogen-bond donors (Lipinski definition) is 2. The second kappa shape index (κ2) is 8.21. The summed E-state index contributed by atoms with van der Waals surface area (Å²) in [5, 5.41) is 7.88. The van der Waals surface area contributed by atoms with E-state index >= 15 is 0 Å². The summed E-state index contributed by atoms with van der Waals surface area (Å²) in [5.74, 6) is 1.07. The van der Waals surface area contributed by atoms with Gasteiger partial charge in [0.05, 0.1) is 17.9 Å². The van der Waals surface area contributed by atoms with E-state index in [2.05, 4.69) is 33.7 Å². The molecule has 4 rings (SSSR count). The molecule has 2 aliphatic carbocycles. The second-order valence-corrected chi connectivity index (χ2v) is 6.96. The molecule has 0 radical (unpaired) electrons. The van der Waals surface area contributed by atoms with Crippen molar-refractivity contribution < 1.29 is 0 Å². The number of hydrogen-bond acceptors (Lipinski definition) is 2. The zero-order valence-corrected chi connectivity index (χ0v) is 16.7. The molecule has 25 heavy (non-hydrogen) atoms. The number of rotatable bonds is 4. The zero-order chi connectivity index (χ0) is 16.4. The lowest BCUT2D eigenvalue weighted by Gasteiger charge is -2.23. The van der Waals surface area contributed by atoms with E-state index in [0.717, 1.165) is 12.1 Å². The second-order valence-electron chi connectivity index (χ2n) is 6.96. The fraction of sp³-hybridized carbons (Fsp3) is 0.474. The molecule has 6 heteroatoms. The largest absolute Gasteiger partial charge is 0.370 e. The third-order valence-electron chi connectivity index (χ3n) is 5.07. The highest BCUT2D eigenvalue weighted by Crippen LogP contribution is 2.43. The van der Waals surface area contributed by atoms with Crippen LogP contribution in [0.15, 0.2) is 47.7 Å². The Morgan fingerprint density at radius 1 is 1.16 bits per heavy atom. The van der Waals surface area contributed by atoms with E-state index in [1.165, 1.54) is 37.7 Å². The molecule has 0 amide bonds. The maximum Gasteiger partial charge on any atom is 0.189 e. The number of aliphatic imine (C=N–C) groups is 1. The van der Waals surface area contributed by atoms with Gasteiger partial charge in [-0.3, -0.25) is 0 Å². The maximum atomic E-state index is 6.10. The van der Waals surface area contributed by atoms with Crippen LogP contribution in [0.25, 0.3) is 5.69 Å². The van der Waals surface area contributed by atoms with Gasteiger partial charge in [-0.1, -0.05) is 37.5 Å². The van der Waals surface area contributed by atoms with E-state index in [9.17, 15) is 0 Å². The van der Waals surface area contributed by atoms with Crippen LogP contribution in [0, 0.1) is 0 Å². The molecule has 2 aromatic rings. The molecular weight excluding hydrogens is 425 g/mol. The molecule has 2 saturated carbocycles. The number of benzene rings is 1. The van der Waals surface area contributed by atoms with Crippen molar-refractivity contribution in [3.8, 4) is 5.69 Å². The Morgan fingerprint density at radius 2 is 1.92 bits per heavy atom. The van der Waals surface area contributed by atoms with Crippen LogP contribution in [0.4, 0.5) is 0 Å². The van der Waals surface area contributed by atoms with Crippen LogP contribution in [-0.4, -0.2) is 27.8 Å². The zero-order valence-electron chi connectivity index (χ0n) is 14.3. The first-order valence-corrected chi connectivity index (χ1v) is 8.99. The Bertz CT molecular complexity index is 706. The minimum Gasteiger partial charge on any atom is -0.370 e. The summed E-state index contributed by atoms with van der Waals surface area (Å²) >= 11 is 0. The van der Waals surface area contributed by atoms with Crippen molar-refractivity contribution in [1.29, 1.82) is 0 Å². The molecule has 2 aliphatic rings. The van der Waals surface area contributed by atoms with Gasteiger partial charge in [-0.15, -0.1) is 24.0 Å². The summed E-state index contributed by atoms with van der Waals surface area (Å²) in [5.41, 5.74) is 8.43. The van der Waals surface area contributed by atoms with Crippen LogP contribution in [0.2, 0.25) is 0 Å². The number of para-hydroxylation sites is 1. The van der Waals surface area contributed by atoms with Crippen LogP contribution in [0.3, 0.4) is 0 Å². The molecule has 0 unspecified atom stereocenters. The predicted molar refractivity (Wildman–Crippen MR) is 112 cm³/mol. The number of guanidine groups is 1. The van der Waals surface area contributed by atoms with Crippen LogP contribution in [-0.2, 0) is 0 Å².